The van der Waals surface area contributed by atoms with Crippen LogP contribution in [0.3, 0.4) is 0 Å². The van der Waals surface area contributed by atoms with E-state index in [0.29, 0.717) is 18.9 Å². The number of amides is 1. The van der Waals surface area contributed by atoms with Gasteiger partial charge in [0.05, 0.1) is 0 Å². The van der Waals surface area contributed by atoms with Crippen molar-refractivity contribution >= 4 is 18.3 Å². The lowest BCUT2D eigenvalue weighted by Crippen LogP contribution is -2.36. The number of nitrogens with zero attached hydrogens (tertiary/aromatic N) is 2. The molecule has 0 radical (unpaired) electrons. The molecule has 1 atom stereocenters. The zero-order chi connectivity index (χ0) is 14.4. The fourth-order valence-corrected chi connectivity index (χ4v) is 2.68. The maximum Gasteiger partial charge on any atom is 0.223 e. The Morgan fingerprint density at radius 3 is 2.90 bits per heavy atom. The van der Waals surface area contributed by atoms with E-state index < -0.39 is 0 Å². The summed E-state index contributed by atoms with van der Waals surface area (Å²) in [5.41, 5.74) is 1.09. The second-order valence-electron chi connectivity index (χ2n) is 5.87. The van der Waals surface area contributed by atoms with E-state index in [-0.39, 0.29) is 24.4 Å². The Hall–Kier alpha value is -1.13. The van der Waals surface area contributed by atoms with Crippen LogP contribution >= 0.6 is 12.4 Å². The Morgan fingerprint density at radius 1 is 1.52 bits per heavy atom. The molecule has 1 aromatic rings. The molecule has 0 bridgehead atoms. The van der Waals surface area contributed by atoms with Gasteiger partial charge in [-0.15, -0.1) is 12.4 Å². The first kappa shape index (κ1) is 17.9. The van der Waals surface area contributed by atoms with Crippen LogP contribution in [-0.2, 0) is 11.3 Å². The molecular weight excluding hydrogens is 286 g/mol. The number of pyridine rings is 1. The maximum atomic E-state index is 12.4. The third-order valence-corrected chi connectivity index (χ3v) is 3.95. The number of nitrogens with one attached hydrogen (secondary N) is 1. The smallest absolute Gasteiger partial charge is 0.223 e. The highest BCUT2D eigenvalue weighted by Gasteiger charge is 2.20. The molecule has 5 heteroatoms. The highest BCUT2D eigenvalue weighted by Crippen LogP contribution is 2.17. The lowest BCUT2D eigenvalue weighted by Gasteiger charge is -2.27. The molecule has 1 unspecified atom stereocenters. The van der Waals surface area contributed by atoms with Crippen LogP contribution in [0.4, 0.5) is 0 Å². The van der Waals surface area contributed by atoms with E-state index in [4.69, 9.17) is 0 Å². The topological polar surface area (TPSA) is 45.2 Å². The largest absolute Gasteiger partial charge is 0.336 e. The average Bonchev–Trinajstić information content (AvgIpc) is 2.96. The van der Waals surface area contributed by atoms with E-state index in [1.807, 2.05) is 23.2 Å². The summed E-state index contributed by atoms with van der Waals surface area (Å²) in [6.45, 7) is 6.98. The molecule has 118 valence electrons. The molecule has 1 aliphatic heterocycles. The number of hydrogen-bond donors (Lipinski definition) is 1. The first-order chi connectivity index (χ1) is 9.66. The van der Waals surface area contributed by atoms with Gasteiger partial charge in [0.2, 0.25) is 5.91 Å². The fourth-order valence-electron chi connectivity index (χ4n) is 2.68. The van der Waals surface area contributed by atoms with Gasteiger partial charge < -0.3 is 10.2 Å². The van der Waals surface area contributed by atoms with Crippen molar-refractivity contribution in [3.63, 3.8) is 0 Å². The van der Waals surface area contributed by atoms with Crippen LogP contribution in [-0.4, -0.2) is 34.9 Å². The minimum Gasteiger partial charge on any atom is -0.336 e. The van der Waals surface area contributed by atoms with Crippen LogP contribution in [0.5, 0.6) is 0 Å². The van der Waals surface area contributed by atoms with E-state index in [9.17, 15) is 4.79 Å². The molecule has 1 amide bonds. The molecule has 0 aliphatic carbocycles. The van der Waals surface area contributed by atoms with Crippen LogP contribution in [0.25, 0.3) is 0 Å². The molecule has 1 fully saturated rings. The van der Waals surface area contributed by atoms with Crippen LogP contribution in [0.2, 0.25) is 0 Å². The predicted molar refractivity (Wildman–Crippen MR) is 87.4 cm³/mol. The van der Waals surface area contributed by atoms with Gasteiger partial charge in [-0.05, 0) is 57.3 Å². The standard InChI is InChI=1S/C16H25N3O.ClH/c1-13(2)19(12-15-4-3-8-17-11-15)16(20)6-5-14-7-9-18-10-14;/h3-4,8,11,13-14,18H,5-7,9-10,12H2,1-2H3;1H. The van der Waals surface area contributed by atoms with E-state index in [1.165, 1.54) is 6.42 Å². The van der Waals surface area contributed by atoms with Crippen LogP contribution in [0.1, 0.15) is 38.7 Å². The Bertz CT molecular complexity index is 419. The number of halogens is 1. The highest BCUT2D eigenvalue weighted by atomic mass is 35.5. The minimum atomic E-state index is 0. The van der Waals surface area contributed by atoms with E-state index in [1.54, 1.807) is 6.20 Å². The zero-order valence-corrected chi connectivity index (χ0v) is 13.7. The molecule has 0 saturated carbocycles. The molecule has 1 aromatic heterocycles. The first-order valence-electron chi connectivity index (χ1n) is 7.56. The van der Waals surface area contributed by atoms with Crippen molar-refractivity contribution < 1.29 is 4.79 Å². The molecule has 0 spiro atoms. The van der Waals surface area contributed by atoms with Gasteiger partial charge in [-0.25, -0.2) is 0 Å². The molecule has 4 nitrogen and oxygen atoms in total. The molecule has 1 saturated heterocycles. The van der Waals surface area contributed by atoms with Crippen molar-refractivity contribution in [2.45, 2.75) is 45.7 Å². The van der Waals surface area contributed by atoms with Gasteiger partial charge >= 0.3 is 0 Å². The van der Waals surface area contributed by atoms with Crippen molar-refractivity contribution in [3.8, 4) is 0 Å². The SMILES string of the molecule is CC(C)N(Cc1cccnc1)C(=O)CCC1CCNC1.Cl. The summed E-state index contributed by atoms with van der Waals surface area (Å²) in [6.07, 6.45) is 6.46. The van der Waals surface area contributed by atoms with Crippen molar-refractivity contribution in [1.82, 2.24) is 15.2 Å². The molecule has 1 aliphatic rings. The molecule has 2 heterocycles. The summed E-state index contributed by atoms with van der Waals surface area (Å²) in [6, 6.07) is 4.17. The molecule has 21 heavy (non-hydrogen) atoms. The summed E-state index contributed by atoms with van der Waals surface area (Å²) >= 11 is 0. The molecule has 1 N–H and O–H groups in total. The quantitative estimate of drug-likeness (QED) is 0.878. The van der Waals surface area contributed by atoms with Crippen LogP contribution in [0.15, 0.2) is 24.5 Å². The third-order valence-electron chi connectivity index (χ3n) is 3.95. The highest BCUT2D eigenvalue weighted by molar-refractivity contribution is 5.85. The van der Waals surface area contributed by atoms with Gasteiger partial charge in [0.1, 0.15) is 0 Å². The van der Waals surface area contributed by atoms with Gasteiger partial charge in [-0.1, -0.05) is 6.07 Å². The van der Waals surface area contributed by atoms with E-state index >= 15 is 0 Å². The Morgan fingerprint density at radius 2 is 2.33 bits per heavy atom. The summed E-state index contributed by atoms with van der Waals surface area (Å²) < 4.78 is 0. The normalized spacial score (nSPS) is 17.6. The Labute approximate surface area is 133 Å². The molecular formula is C16H26ClN3O. The summed E-state index contributed by atoms with van der Waals surface area (Å²) in [7, 11) is 0. The monoisotopic (exact) mass is 311 g/mol. The second kappa shape index (κ2) is 9.00. The zero-order valence-electron chi connectivity index (χ0n) is 12.9. The fraction of sp³-hybridized carbons (Fsp3) is 0.625. The van der Waals surface area contributed by atoms with Crippen molar-refractivity contribution in [1.29, 1.82) is 0 Å². The van der Waals surface area contributed by atoms with Crippen LogP contribution < -0.4 is 5.32 Å². The van der Waals surface area contributed by atoms with Gasteiger partial charge in [0, 0.05) is 31.4 Å². The number of aromatic nitrogens is 1. The maximum absolute atomic E-state index is 12.4. The lowest BCUT2D eigenvalue weighted by atomic mass is 10.0. The minimum absolute atomic E-state index is 0. The molecule has 2 rings (SSSR count). The van der Waals surface area contributed by atoms with Gasteiger partial charge in [0.25, 0.3) is 0 Å². The van der Waals surface area contributed by atoms with Crippen LogP contribution in [0, 0.1) is 5.92 Å². The van der Waals surface area contributed by atoms with Gasteiger partial charge in [-0.3, -0.25) is 9.78 Å². The number of rotatable bonds is 6. The number of hydrogen-bond acceptors (Lipinski definition) is 3. The lowest BCUT2D eigenvalue weighted by molar-refractivity contribution is -0.133. The van der Waals surface area contributed by atoms with E-state index in [2.05, 4.69) is 24.1 Å². The first-order valence-corrected chi connectivity index (χ1v) is 7.56. The number of carbonyl (C=O) groups excluding carboxylic acids is 1. The molecule has 0 aromatic carbocycles. The predicted octanol–water partition coefficient (Wildman–Crippen LogP) is 2.63. The average molecular weight is 312 g/mol. The Kier molecular flexibility index (Phi) is 7.68. The van der Waals surface area contributed by atoms with Gasteiger partial charge in [-0.2, -0.15) is 0 Å². The summed E-state index contributed by atoms with van der Waals surface area (Å²) in [4.78, 5) is 18.5. The number of carbonyl (C=O) groups is 1. The Balaban J connectivity index is 0.00000220. The van der Waals surface area contributed by atoms with Crippen molar-refractivity contribution in [2.75, 3.05) is 13.1 Å². The third kappa shape index (κ3) is 5.64. The second-order valence-corrected chi connectivity index (χ2v) is 5.87. The summed E-state index contributed by atoms with van der Waals surface area (Å²) in [5.74, 6) is 0.933. The van der Waals surface area contributed by atoms with Crippen molar-refractivity contribution in [2.24, 2.45) is 5.92 Å². The van der Waals surface area contributed by atoms with Crippen molar-refractivity contribution in [3.05, 3.63) is 30.1 Å². The summed E-state index contributed by atoms with van der Waals surface area (Å²) in [5, 5.41) is 3.35. The van der Waals surface area contributed by atoms with Gasteiger partial charge in [0.15, 0.2) is 0 Å². The van der Waals surface area contributed by atoms with E-state index in [0.717, 1.165) is 25.1 Å².